The number of amides is 2. The number of nitrogens with zero attached hydrogens (tertiary/aromatic N) is 3. The van der Waals surface area contributed by atoms with Gasteiger partial charge >= 0.3 is 6.03 Å². The molecule has 1 saturated heterocycles. The van der Waals surface area contributed by atoms with Gasteiger partial charge in [-0.25, -0.2) is 9.78 Å². The summed E-state index contributed by atoms with van der Waals surface area (Å²) in [6, 6.07) is 32.0. The molecule has 1 fully saturated rings. The van der Waals surface area contributed by atoms with E-state index in [1.807, 2.05) is 47.4 Å². The van der Waals surface area contributed by atoms with E-state index < -0.39 is 0 Å². The minimum atomic E-state index is -0.155. The molecule has 0 aliphatic carbocycles. The van der Waals surface area contributed by atoms with Gasteiger partial charge in [0.15, 0.2) is 0 Å². The number of rotatable bonds is 12. The molecule has 2 heterocycles. The van der Waals surface area contributed by atoms with Gasteiger partial charge in [-0.3, -0.25) is 4.90 Å². The maximum atomic E-state index is 14.0. The highest BCUT2D eigenvalue weighted by Gasteiger charge is 2.22. The first-order chi connectivity index (χ1) is 21.1. The second kappa shape index (κ2) is 15.8. The van der Waals surface area contributed by atoms with Gasteiger partial charge in [-0.05, 0) is 47.9 Å². The number of aromatic nitrogens is 1. The Morgan fingerprint density at radius 2 is 1.60 bits per heavy atom. The predicted molar refractivity (Wildman–Crippen MR) is 174 cm³/mol. The van der Waals surface area contributed by atoms with Gasteiger partial charge in [-0.1, -0.05) is 84.0 Å². The molecule has 0 radical (unpaired) electrons. The molecule has 5 rings (SSSR count). The zero-order valence-corrected chi connectivity index (χ0v) is 25.9. The summed E-state index contributed by atoms with van der Waals surface area (Å²) < 4.78 is 10.9. The topological polar surface area (TPSA) is 66.9 Å². The standard InChI is InChI=1S/C34H37ClN4O3S/c1-41-32-17-16-31(33(37-32)43-29-14-12-28(35)13-15-29)36-34(40)39(21-20-38-22-24-42-25-23-38)19-18-30(26-8-4-2-5-9-26)27-10-6-3-7-11-27/h2-17,30H,18-25H2,1H3,(H,36,40). The van der Waals surface area contributed by atoms with E-state index in [0.717, 1.165) is 44.2 Å². The predicted octanol–water partition coefficient (Wildman–Crippen LogP) is 7.28. The van der Waals surface area contributed by atoms with Crippen molar-refractivity contribution in [3.63, 3.8) is 0 Å². The van der Waals surface area contributed by atoms with Gasteiger partial charge in [0.25, 0.3) is 0 Å². The van der Waals surface area contributed by atoms with E-state index in [0.29, 0.717) is 34.7 Å². The number of pyridine rings is 1. The lowest BCUT2D eigenvalue weighted by Gasteiger charge is -2.31. The highest BCUT2D eigenvalue weighted by molar-refractivity contribution is 7.99. The first-order valence-electron chi connectivity index (χ1n) is 14.5. The number of carbonyl (C=O) groups excluding carboxylic acids is 1. The Kier molecular flexibility index (Phi) is 11.3. The highest BCUT2D eigenvalue weighted by atomic mass is 35.5. The lowest BCUT2D eigenvalue weighted by molar-refractivity contribution is 0.0351. The molecule has 7 nitrogen and oxygen atoms in total. The summed E-state index contributed by atoms with van der Waals surface area (Å²) in [6.07, 6.45) is 0.789. The third kappa shape index (κ3) is 8.97. The number of halogens is 1. The van der Waals surface area contributed by atoms with Crippen molar-refractivity contribution in [1.82, 2.24) is 14.8 Å². The number of ether oxygens (including phenoxy) is 2. The van der Waals surface area contributed by atoms with Crippen LogP contribution in [0.2, 0.25) is 5.02 Å². The van der Waals surface area contributed by atoms with Gasteiger partial charge in [0.05, 0.1) is 26.0 Å². The molecule has 224 valence electrons. The number of urea groups is 1. The lowest BCUT2D eigenvalue weighted by Crippen LogP contribution is -2.44. The van der Waals surface area contributed by atoms with E-state index in [1.165, 1.54) is 22.9 Å². The number of carbonyl (C=O) groups is 1. The van der Waals surface area contributed by atoms with Crippen LogP contribution in [-0.2, 0) is 4.74 Å². The zero-order chi connectivity index (χ0) is 29.9. The van der Waals surface area contributed by atoms with Gasteiger partial charge in [-0.15, -0.1) is 0 Å². The van der Waals surface area contributed by atoms with E-state index in [2.05, 4.69) is 63.7 Å². The van der Waals surface area contributed by atoms with Crippen LogP contribution in [0.3, 0.4) is 0 Å². The van der Waals surface area contributed by atoms with E-state index in [9.17, 15) is 4.79 Å². The van der Waals surface area contributed by atoms with Crippen LogP contribution in [0.4, 0.5) is 10.5 Å². The van der Waals surface area contributed by atoms with Crippen LogP contribution in [-0.4, -0.2) is 73.9 Å². The smallest absolute Gasteiger partial charge is 0.321 e. The highest BCUT2D eigenvalue weighted by Crippen LogP contribution is 2.34. The van der Waals surface area contributed by atoms with Crippen molar-refractivity contribution in [3.8, 4) is 5.88 Å². The average molecular weight is 617 g/mol. The van der Waals surface area contributed by atoms with Crippen molar-refractivity contribution in [2.75, 3.05) is 58.4 Å². The molecule has 0 bridgehead atoms. The number of morpholine rings is 1. The van der Waals surface area contributed by atoms with Crippen molar-refractivity contribution in [2.45, 2.75) is 22.3 Å². The third-order valence-electron chi connectivity index (χ3n) is 7.48. The summed E-state index contributed by atoms with van der Waals surface area (Å²) in [6.45, 7) is 5.16. The second-order valence-electron chi connectivity index (χ2n) is 10.3. The first kappa shape index (κ1) is 30.9. The maximum Gasteiger partial charge on any atom is 0.321 e. The Labute approximate surface area is 263 Å². The monoisotopic (exact) mass is 616 g/mol. The van der Waals surface area contributed by atoms with Crippen LogP contribution in [0.15, 0.2) is 107 Å². The first-order valence-corrected chi connectivity index (χ1v) is 15.7. The van der Waals surface area contributed by atoms with Gasteiger partial charge in [0.1, 0.15) is 5.03 Å². The van der Waals surface area contributed by atoms with E-state index >= 15 is 0 Å². The van der Waals surface area contributed by atoms with Crippen molar-refractivity contribution < 1.29 is 14.3 Å². The summed E-state index contributed by atoms with van der Waals surface area (Å²) in [5, 5.41) is 4.47. The number of hydrogen-bond acceptors (Lipinski definition) is 6. The summed E-state index contributed by atoms with van der Waals surface area (Å²) in [5.74, 6) is 0.645. The number of hydrogen-bond donors (Lipinski definition) is 1. The van der Waals surface area contributed by atoms with Gasteiger partial charge in [0, 0.05) is 54.6 Å². The van der Waals surface area contributed by atoms with E-state index in [-0.39, 0.29) is 11.9 Å². The quantitative estimate of drug-likeness (QED) is 0.180. The summed E-state index contributed by atoms with van der Waals surface area (Å²) in [7, 11) is 1.58. The molecule has 2 amide bonds. The van der Waals surface area contributed by atoms with Gasteiger partial charge in [0.2, 0.25) is 5.88 Å². The Balaban J connectivity index is 1.36. The fourth-order valence-electron chi connectivity index (χ4n) is 5.10. The average Bonchev–Trinajstić information content (AvgIpc) is 3.06. The summed E-state index contributed by atoms with van der Waals surface area (Å²) >= 11 is 7.55. The number of nitrogens with one attached hydrogen (secondary N) is 1. The van der Waals surface area contributed by atoms with Crippen LogP contribution < -0.4 is 10.1 Å². The molecule has 1 aliphatic heterocycles. The van der Waals surface area contributed by atoms with Crippen LogP contribution in [0, 0.1) is 0 Å². The minimum absolute atomic E-state index is 0.155. The molecular formula is C34H37ClN4O3S. The Bertz CT molecular complexity index is 1400. The number of anilines is 1. The Morgan fingerprint density at radius 3 is 2.23 bits per heavy atom. The van der Waals surface area contributed by atoms with Gasteiger partial charge < -0.3 is 19.7 Å². The normalized spacial score (nSPS) is 13.6. The molecule has 1 aromatic heterocycles. The van der Waals surface area contributed by atoms with Crippen LogP contribution in [0.1, 0.15) is 23.5 Å². The molecule has 0 atom stereocenters. The molecule has 0 unspecified atom stereocenters. The molecular weight excluding hydrogens is 580 g/mol. The Morgan fingerprint density at radius 1 is 0.953 bits per heavy atom. The molecule has 3 aromatic carbocycles. The fraction of sp³-hybridized carbons (Fsp3) is 0.294. The molecule has 43 heavy (non-hydrogen) atoms. The van der Waals surface area contributed by atoms with Crippen LogP contribution in [0.5, 0.6) is 5.88 Å². The third-order valence-corrected chi connectivity index (χ3v) is 8.75. The number of benzene rings is 3. The van der Waals surface area contributed by atoms with Crippen molar-refractivity contribution in [2.24, 2.45) is 0 Å². The Hall–Kier alpha value is -3.56. The van der Waals surface area contributed by atoms with Crippen LogP contribution in [0.25, 0.3) is 0 Å². The molecule has 9 heteroatoms. The fourth-order valence-corrected chi connectivity index (χ4v) is 6.09. The van der Waals surface area contributed by atoms with Crippen molar-refractivity contribution in [1.29, 1.82) is 0 Å². The molecule has 0 spiro atoms. The maximum absolute atomic E-state index is 14.0. The molecule has 1 aliphatic rings. The minimum Gasteiger partial charge on any atom is -0.481 e. The summed E-state index contributed by atoms with van der Waals surface area (Å²) in [4.78, 5) is 23.8. The largest absolute Gasteiger partial charge is 0.481 e. The molecule has 1 N–H and O–H groups in total. The van der Waals surface area contributed by atoms with E-state index in [1.54, 1.807) is 13.2 Å². The van der Waals surface area contributed by atoms with E-state index in [4.69, 9.17) is 21.1 Å². The molecule has 4 aromatic rings. The molecule has 0 saturated carbocycles. The SMILES string of the molecule is COc1ccc(NC(=O)N(CCC(c2ccccc2)c2ccccc2)CCN2CCOCC2)c(Sc2ccc(Cl)cc2)n1. The van der Waals surface area contributed by atoms with Gasteiger partial charge in [-0.2, -0.15) is 0 Å². The summed E-state index contributed by atoms with van der Waals surface area (Å²) in [5.41, 5.74) is 3.11. The van der Waals surface area contributed by atoms with Crippen LogP contribution >= 0.6 is 23.4 Å². The lowest BCUT2D eigenvalue weighted by atomic mass is 9.88. The van der Waals surface area contributed by atoms with Crippen molar-refractivity contribution >= 4 is 35.1 Å². The van der Waals surface area contributed by atoms with Crippen molar-refractivity contribution in [3.05, 3.63) is 113 Å². The second-order valence-corrected chi connectivity index (χ2v) is 11.8. The zero-order valence-electron chi connectivity index (χ0n) is 24.3. The number of methoxy groups -OCH3 is 1.